The smallest absolute Gasteiger partial charge is 0.228 e. The van der Waals surface area contributed by atoms with Gasteiger partial charge < -0.3 is 4.42 Å². The van der Waals surface area contributed by atoms with E-state index in [1.54, 1.807) is 12.3 Å². The summed E-state index contributed by atoms with van der Waals surface area (Å²) < 4.78 is 6.26. The molecule has 2 aromatic rings. The van der Waals surface area contributed by atoms with Gasteiger partial charge in [0.15, 0.2) is 5.76 Å². The molecule has 0 saturated carbocycles. The molecular weight excluding hydrogens is 280 g/mol. The molecule has 0 saturated heterocycles. The van der Waals surface area contributed by atoms with Crippen molar-refractivity contribution in [3.05, 3.63) is 56.9 Å². The SMILES string of the molecule is Cc1cc(C(=O)c2occc2C)c(C)cc1Br. The maximum Gasteiger partial charge on any atom is 0.228 e. The number of hydrogen-bond donors (Lipinski definition) is 0. The summed E-state index contributed by atoms with van der Waals surface area (Å²) >= 11 is 3.46. The second-order valence-corrected chi connectivity index (χ2v) is 5.03. The fourth-order valence-corrected chi connectivity index (χ4v) is 2.21. The van der Waals surface area contributed by atoms with Crippen LogP contribution in [0.3, 0.4) is 0 Å². The Balaban J connectivity index is 2.52. The molecule has 0 bridgehead atoms. The lowest BCUT2D eigenvalue weighted by Crippen LogP contribution is -2.04. The summed E-state index contributed by atoms with van der Waals surface area (Å²) in [7, 11) is 0. The van der Waals surface area contributed by atoms with Crippen LogP contribution in [0, 0.1) is 20.8 Å². The normalized spacial score (nSPS) is 10.6. The monoisotopic (exact) mass is 292 g/mol. The highest BCUT2D eigenvalue weighted by Crippen LogP contribution is 2.24. The van der Waals surface area contributed by atoms with Gasteiger partial charge in [-0.1, -0.05) is 15.9 Å². The van der Waals surface area contributed by atoms with E-state index in [2.05, 4.69) is 15.9 Å². The second kappa shape index (κ2) is 4.49. The maximum atomic E-state index is 12.3. The number of rotatable bonds is 2. The first-order chi connectivity index (χ1) is 8.00. The van der Waals surface area contributed by atoms with Crippen molar-refractivity contribution in [3.8, 4) is 0 Å². The van der Waals surface area contributed by atoms with Crippen LogP contribution < -0.4 is 0 Å². The van der Waals surface area contributed by atoms with Crippen LogP contribution in [0.1, 0.15) is 32.8 Å². The fourth-order valence-electron chi connectivity index (χ4n) is 1.75. The minimum absolute atomic E-state index is 0.0550. The van der Waals surface area contributed by atoms with Crippen LogP contribution in [-0.2, 0) is 0 Å². The minimum Gasteiger partial charge on any atom is -0.461 e. The molecule has 0 N–H and O–H groups in total. The first kappa shape index (κ1) is 12.1. The first-order valence-corrected chi connectivity index (χ1v) is 6.15. The molecule has 0 aliphatic carbocycles. The molecule has 0 radical (unpaired) electrons. The van der Waals surface area contributed by atoms with Gasteiger partial charge in [0.05, 0.1) is 6.26 Å². The van der Waals surface area contributed by atoms with E-state index in [-0.39, 0.29) is 5.78 Å². The molecule has 3 heteroatoms. The van der Waals surface area contributed by atoms with Gasteiger partial charge in [-0.05, 0) is 55.7 Å². The average Bonchev–Trinajstić information content (AvgIpc) is 2.69. The Kier molecular flexibility index (Phi) is 3.20. The van der Waals surface area contributed by atoms with E-state index in [4.69, 9.17) is 4.42 Å². The van der Waals surface area contributed by atoms with Gasteiger partial charge in [-0.25, -0.2) is 0 Å². The molecule has 2 rings (SSSR count). The van der Waals surface area contributed by atoms with E-state index < -0.39 is 0 Å². The summed E-state index contributed by atoms with van der Waals surface area (Å²) in [6.45, 7) is 5.77. The van der Waals surface area contributed by atoms with Crippen molar-refractivity contribution >= 4 is 21.7 Å². The molecule has 88 valence electrons. The molecular formula is C14H13BrO2. The molecule has 1 heterocycles. The lowest BCUT2D eigenvalue weighted by atomic mass is 9.99. The summed E-state index contributed by atoms with van der Waals surface area (Å²) in [5.74, 6) is 0.371. The van der Waals surface area contributed by atoms with Crippen LogP contribution >= 0.6 is 15.9 Å². The van der Waals surface area contributed by atoms with Crippen molar-refractivity contribution in [2.75, 3.05) is 0 Å². The van der Waals surface area contributed by atoms with Crippen LogP contribution in [0.2, 0.25) is 0 Å². The number of furan rings is 1. The van der Waals surface area contributed by atoms with Gasteiger partial charge in [0.1, 0.15) is 0 Å². The summed E-state index contributed by atoms with van der Waals surface area (Å²) in [6, 6.07) is 5.65. The Morgan fingerprint density at radius 3 is 2.41 bits per heavy atom. The highest BCUT2D eigenvalue weighted by Gasteiger charge is 2.17. The van der Waals surface area contributed by atoms with E-state index in [9.17, 15) is 4.79 Å². The van der Waals surface area contributed by atoms with Crippen LogP contribution in [0.4, 0.5) is 0 Å². The van der Waals surface area contributed by atoms with Gasteiger partial charge in [-0.3, -0.25) is 4.79 Å². The van der Waals surface area contributed by atoms with E-state index >= 15 is 0 Å². The number of aryl methyl sites for hydroxylation is 3. The number of carbonyl (C=O) groups excluding carboxylic acids is 1. The zero-order valence-corrected chi connectivity index (χ0v) is 11.6. The van der Waals surface area contributed by atoms with Gasteiger partial charge in [-0.2, -0.15) is 0 Å². The molecule has 1 aromatic heterocycles. The predicted molar refractivity (Wildman–Crippen MR) is 70.5 cm³/mol. The minimum atomic E-state index is -0.0550. The van der Waals surface area contributed by atoms with Gasteiger partial charge >= 0.3 is 0 Å². The standard InChI is InChI=1S/C14H13BrO2/c1-8-4-5-17-14(8)13(16)11-6-10(3)12(15)7-9(11)2/h4-7H,1-3H3. The van der Waals surface area contributed by atoms with Crippen LogP contribution in [0.5, 0.6) is 0 Å². The number of benzene rings is 1. The van der Waals surface area contributed by atoms with E-state index in [1.165, 1.54) is 0 Å². The summed E-state index contributed by atoms with van der Waals surface area (Å²) in [5.41, 5.74) is 3.56. The molecule has 0 aliphatic heterocycles. The molecule has 1 aromatic carbocycles. The third-order valence-electron chi connectivity index (χ3n) is 2.82. The number of halogens is 1. The molecule has 0 fully saturated rings. The molecule has 0 unspecified atom stereocenters. The van der Waals surface area contributed by atoms with Crippen molar-refractivity contribution in [2.24, 2.45) is 0 Å². The maximum absolute atomic E-state index is 12.3. The summed E-state index contributed by atoms with van der Waals surface area (Å²) in [5, 5.41) is 0. The van der Waals surface area contributed by atoms with E-state index in [1.807, 2.05) is 32.9 Å². The molecule has 0 aliphatic rings. The van der Waals surface area contributed by atoms with Crippen molar-refractivity contribution in [2.45, 2.75) is 20.8 Å². The second-order valence-electron chi connectivity index (χ2n) is 4.18. The third-order valence-corrected chi connectivity index (χ3v) is 3.67. The lowest BCUT2D eigenvalue weighted by Gasteiger charge is -2.07. The van der Waals surface area contributed by atoms with E-state index in [0.29, 0.717) is 11.3 Å². The van der Waals surface area contributed by atoms with Crippen molar-refractivity contribution in [1.29, 1.82) is 0 Å². The molecule has 0 spiro atoms. The van der Waals surface area contributed by atoms with Gasteiger partial charge in [-0.15, -0.1) is 0 Å². The van der Waals surface area contributed by atoms with Crippen molar-refractivity contribution < 1.29 is 9.21 Å². The Hall–Kier alpha value is -1.35. The van der Waals surface area contributed by atoms with Crippen molar-refractivity contribution in [3.63, 3.8) is 0 Å². The predicted octanol–water partition coefficient (Wildman–Crippen LogP) is 4.20. The molecule has 0 amide bonds. The zero-order valence-electron chi connectivity index (χ0n) is 10.0. The topological polar surface area (TPSA) is 30.2 Å². The van der Waals surface area contributed by atoms with Gasteiger partial charge in [0, 0.05) is 10.0 Å². The first-order valence-electron chi connectivity index (χ1n) is 5.36. The highest BCUT2D eigenvalue weighted by atomic mass is 79.9. The van der Waals surface area contributed by atoms with Gasteiger partial charge in [0.25, 0.3) is 0 Å². The number of hydrogen-bond acceptors (Lipinski definition) is 2. The zero-order chi connectivity index (χ0) is 12.6. The van der Waals surface area contributed by atoms with Crippen LogP contribution in [-0.4, -0.2) is 5.78 Å². The summed E-state index contributed by atoms with van der Waals surface area (Å²) in [4.78, 5) is 12.3. The van der Waals surface area contributed by atoms with Crippen LogP contribution in [0.25, 0.3) is 0 Å². The Bertz CT molecular complexity index is 582. The number of carbonyl (C=O) groups is 1. The molecule has 2 nitrogen and oxygen atoms in total. The van der Waals surface area contributed by atoms with Crippen molar-refractivity contribution in [1.82, 2.24) is 0 Å². The quantitative estimate of drug-likeness (QED) is 0.777. The summed E-state index contributed by atoms with van der Waals surface area (Å²) in [6.07, 6.45) is 1.55. The van der Waals surface area contributed by atoms with Crippen LogP contribution in [0.15, 0.2) is 33.4 Å². The fraction of sp³-hybridized carbons (Fsp3) is 0.214. The van der Waals surface area contributed by atoms with E-state index in [0.717, 1.165) is 21.2 Å². The Labute approximate surface area is 109 Å². The Morgan fingerprint density at radius 2 is 1.82 bits per heavy atom. The van der Waals surface area contributed by atoms with Gasteiger partial charge in [0.2, 0.25) is 5.78 Å². The number of ketones is 1. The molecule has 17 heavy (non-hydrogen) atoms. The highest BCUT2D eigenvalue weighted by molar-refractivity contribution is 9.10. The molecule has 0 atom stereocenters. The third kappa shape index (κ3) is 2.20. The Morgan fingerprint density at radius 1 is 1.12 bits per heavy atom. The average molecular weight is 293 g/mol. The largest absolute Gasteiger partial charge is 0.461 e. The lowest BCUT2D eigenvalue weighted by molar-refractivity contribution is 0.101.